The number of imidazole rings is 2. The number of unbranched alkanes of at least 4 members (excludes halogenated alkanes) is 5. The molecule has 0 aliphatic carbocycles. The smallest absolute Gasteiger partial charge is 0.421 e. The number of carbonyl (C=O) groups excluding carboxylic acids is 3. The van der Waals surface area contributed by atoms with Gasteiger partial charge in [-0.2, -0.15) is 0 Å². The van der Waals surface area contributed by atoms with Crippen molar-refractivity contribution >= 4 is 29.7 Å². The molecule has 19 heteroatoms. The number of aryl methyl sites for hydroxylation is 4. The van der Waals surface area contributed by atoms with Gasteiger partial charge in [-0.1, -0.05) is 30.6 Å². The standard InChI is InChI=1S/C18H25N7O.C15H23N3O2.C7H9N5O.CH4/c19-18-21-12-14(22-18)6-2-1-3-7-15-13-25(24-23-15)11-5-9-17(26)16-8-4-10-20-16;1-5-6-7-8-9-10-12-11-18(13(16)17-12)14(19)20-15(2,3)4;8-12-11-5-4-10-7(13)6-2-1-3-9-6;/h4,8,10,12-13,20H,1-3,5-7,9,11H2,(H3,19,21,22);1,11H,6-10H2,2-4H3,(H2,16,17);1-3,9H,4-5H2,(H,10,13);1H4. The number of nitrogens with one attached hydrogen (secondary N) is 4. The predicted octanol–water partition coefficient (Wildman–Crippen LogP) is 7.21. The number of aromatic nitrogens is 9. The van der Waals surface area contributed by atoms with Gasteiger partial charge in [-0.3, -0.25) is 14.3 Å². The summed E-state index contributed by atoms with van der Waals surface area (Å²) in [5.41, 5.74) is 22.8. The third kappa shape index (κ3) is 19.6. The fourth-order valence-corrected chi connectivity index (χ4v) is 5.47. The van der Waals surface area contributed by atoms with Crippen LogP contribution in [0.3, 0.4) is 0 Å². The summed E-state index contributed by atoms with van der Waals surface area (Å²) in [6.45, 7) is 6.75. The zero-order valence-electron chi connectivity index (χ0n) is 34.2. The van der Waals surface area contributed by atoms with Crippen molar-refractivity contribution in [2.24, 2.45) is 5.11 Å². The molecule has 5 aromatic heterocycles. The molecule has 0 bridgehead atoms. The highest BCUT2D eigenvalue weighted by atomic mass is 16.6. The topological polar surface area (TPSA) is 282 Å². The Morgan fingerprint density at radius 3 is 2.28 bits per heavy atom. The van der Waals surface area contributed by atoms with Gasteiger partial charge in [-0.25, -0.2) is 19.3 Å². The van der Waals surface area contributed by atoms with Crippen LogP contribution in [0, 0.1) is 12.3 Å². The second-order valence-electron chi connectivity index (χ2n) is 14.4. The Bertz CT molecular complexity index is 2060. The summed E-state index contributed by atoms with van der Waals surface area (Å²) in [6, 6.07) is 7.05. The molecule has 60 heavy (non-hydrogen) atoms. The highest BCUT2D eigenvalue weighted by Crippen LogP contribution is 2.15. The molecule has 0 radical (unpaired) electrons. The van der Waals surface area contributed by atoms with Gasteiger partial charge in [0, 0.05) is 67.9 Å². The largest absolute Gasteiger partial charge is 0.443 e. The average molecular weight is 828 g/mol. The number of anilines is 2. The van der Waals surface area contributed by atoms with E-state index < -0.39 is 11.7 Å². The third-order valence-corrected chi connectivity index (χ3v) is 8.33. The maximum absolute atomic E-state index is 11.9. The molecule has 0 aromatic carbocycles. The van der Waals surface area contributed by atoms with Gasteiger partial charge in [0.25, 0.3) is 5.91 Å². The predicted molar refractivity (Wildman–Crippen MR) is 232 cm³/mol. The molecule has 0 unspecified atom stereocenters. The SMILES string of the molecule is C.C#CCCCCCc1cn(C(=O)OC(C)(C)C)c(N)n1.Nc1ncc(CCCCCc2cn(CCCC(=O)c3ccc[nH]3)nn2)[nH]1.[N-]=[N+]=NCCNC(=O)c1ccc[nH]1. The van der Waals surface area contributed by atoms with Crippen LogP contribution in [-0.4, -0.2) is 81.0 Å². The molecule has 0 saturated heterocycles. The summed E-state index contributed by atoms with van der Waals surface area (Å²) in [7, 11) is 0. The van der Waals surface area contributed by atoms with Crippen LogP contribution in [0.25, 0.3) is 10.4 Å². The highest BCUT2D eigenvalue weighted by molar-refractivity contribution is 5.94. The number of azide groups is 1. The van der Waals surface area contributed by atoms with Crippen molar-refractivity contribution in [2.75, 3.05) is 24.6 Å². The first-order chi connectivity index (χ1) is 28.4. The van der Waals surface area contributed by atoms with Gasteiger partial charge in [-0.15, -0.1) is 17.4 Å². The molecule has 0 spiro atoms. The molecule has 19 nitrogen and oxygen atoms in total. The summed E-state index contributed by atoms with van der Waals surface area (Å²) in [5, 5.41) is 14.2. The zero-order chi connectivity index (χ0) is 42.9. The Kier molecular flexibility index (Phi) is 22.2. The summed E-state index contributed by atoms with van der Waals surface area (Å²) in [5.74, 6) is 3.20. The number of nitrogens with zero attached hydrogens (tertiary/aromatic N) is 9. The van der Waals surface area contributed by atoms with Crippen LogP contribution >= 0.6 is 0 Å². The molecule has 0 aliphatic rings. The second kappa shape index (κ2) is 27.0. The van der Waals surface area contributed by atoms with E-state index in [0.717, 1.165) is 87.7 Å². The number of Topliss-reactive ketones (excluding diaryl/α,β-unsaturated/α-hetero) is 1. The van der Waals surface area contributed by atoms with E-state index in [-0.39, 0.29) is 31.6 Å². The normalized spacial score (nSPS) is 10.4. The van der Waals surface area contributed by atoms with Crippen LogP contribution in [-0.2, 0) is 30.5 Å². The lowest BCUT2D eigenvalue weighted by Crippen LogP contribution is -2.27. The molecule has 324 valence electrons. The molecule has 0 saturated carbocycles. The molecule has 0 aliphatic heterocycles. The minimum absolute atomic E-state index is 0. The van der Waals surface area contributed by atoms with E-state index in [1.165, 1.54) is 4.57 Å². The summed E-state index contributed by atoms with van der Waals surface area (Å²) >= 11 is 0. The first-order valence-electron chi connectivity index (χ1n) is 19.7. The Morgan fingerprint density at radius 2 is 1.65 bits per heavy atom. The molecular formula is C41H61N15O4. The maximum Gasteiger partial charge on any atom is 0.421 e. The van der Waals surface area contributed by atoms with Gasteiger partial charge in [0.1, 0.15) is 11.3 Å². The Balaban J connectivity index is 0.000000325. The number of ketones is 1. The number of ether oxygens (including phenoxy) is 1. The van der Waals surface area contributed by atoms with Gasteiger partial charge in [-0.05, 0) is 102 Å². The van der Waals surface area contributed by atoms with E-state index in [1.807, 2.05) is 37.7 Å². The fourth-order valence-electron chi connectivity index (χ4n) is 5.47. The number of aromatic amines is 3. The first kappa shape index (κ1) is 49.3. The van der Waals surface area contributed by atoms with Gasteiger partial charge >= 0.3 is 6.09 Å². The average Bonchev–Trinajstić information content (AvgIpc) is 4.05. The summed E-state index contributed by atoms with van der Waals surface area (Å²) in [4.78, 5) is 54.5. The van der Waals surface area contributed by atoms with Crippen molar-refractivity contribution in [3.63, 3.8) is 0 Å². The van der Waals surface area contributed by atoms with Crippen LogP contribution in [0.15, 0.2) is 60.4 Å². The lowest BCUT2D eigenvalue weighted by Gasteiger charge is -2.19. The van der Waals surface area contributed by atoms with Crippen molar-refractivity contribution in [3.05, 3.63) is 94.2 Å². The Morgan fingerprint density at radius 1 is 0.967 bits per heavy atom. The van der Waals surface area contributed by atoms with E-state index in [0.29, 0.717) is 36.8 Å². The molecule has 0 atom stereocenters. The summed E-state index contributed by atoms with van der Waals surface area (Å²) in [6.07, 6.45) is 24.6. The summed E-state index contributed by atoms with van der Waals surface area (Å²) < 4.78 is 8.33. The van der Waals surface area contributed by atoms with Crippen LogP contribution in [0.5, 0.6) is 0 Å². The van der Waals surface area contributed by atoms with Gasteiger partial charge < -0.3 is 36.5 Å². The van der Waals surface area contributed by atoms with Crippen LogP contribution < -0.4 is 16.8 Å². The lowest BCUT2D eigenvalue weighted by molar-refractivity contribution is 0.0540. The highest BCUT2D eigenvalue weighted by Gasteiger charge is 2.20. The van der Waals surface area contributed by atoms with E-state index >= 15 is 0 Å². The lowest BCUT2D eigenvalue weighted by atomic mass is 10.1. The monoisotopic (exact) mass is 828 g/mol. The number of hydrogen-bond donors (Lipinski definition) is 6. The molecule has 8 N–H and O–H groups in total. The van der Waals surface area contributed by atoms with E-state index in [1.54, 1.807) is 43.0 Å². The first-order valence-corrected chi connectivity index (χ1v) is 19.7. The molecule has 0 fully saturated rings. The number of rotatable bonds is 20. The third-order valence-electron chi connectivity index (χ3n) is 8.33. The number of nitrogens with two attached hydrogens (primary N) is 2. The molecule has 5 heterocycles. The molecule has 1 amide bonds. The zero-order valence-corrected chi connectivity index (χ0v) is 34.2. The van der Waals surface area contributed by atoms with Gasteiger partial charge in [0.15, 0.2) is 11.7 Å². The second-order valence-corrected chi connectivity index (χ2v) is 14.4. The van der Waals surface area contributed by atoms with Gasteiger partial charge in [0.2, 0.25) is 5.95 Å². The fraction of sp³-hybridized carbons (Fsp3) is 0.488. The van der Waals surface area contributed by atoms with E-state index in [9.17, 15) is 14.4 Å². The van der Waals surface area contributed by atoms with Crippen molar-refractivity contribution < 1.29 is 19.1 Å². The van der Waals surface area contributed by atoms with Gasteiger partial charge in [0.05, 0.1) is 23.3 Å². The van der Waals surface area contributed by atoms with E-state index in [2.05, 4.69) is 56.5 Å². The van der Waals surface area contributed by atoms with Crippen molar-refractivity contribution in [1.82, 2.24) is 49.8 Å². The number of terminal acetylenes is 1. The van der Waals surface area contributed by atoms with Crippen molar-refractivity contribution in [3.8, 4) is 12.3 Å². The van der Waals surface area contributed by atoms with Crippen molar-refractivity contribution in [2.45, 2.75) is 117 Å². The Labute approximate surface area is 351 Å². The number of amides is 1. The molecule has 5 rings (SSSR count). The van der Waals surface area contributed by atoms with Crippen molar-refractivity contribution in [1.29, 1.82) is 0 Å². The minimum Gasteiger partial charge on any atom is -0.443 e. The number of carbonyl (C=O) groups is 3. The number of hydrogen-bond acceptors (Lipinski definition) is 11. The number of nitrogen functional groups attached to an aromatic ring is 2. The molecule has 5 aromatic rings. The molecular weight excluding hydrogens is 767 g/mol. The quantitative estimate of drug-likeness (QED) is 0.0114. The number of H-pyrrole nitrogens is 3. The minimum atomic E-state index is -0.552. The van der Waals surface area contributed by atoms with Crippen LogP contribution in [0.4, 0.5) is 16.7 Å². The maximum atomic E-state index is 11.9. The van der Waals surface area contributed by atoms with Crippen LogP contribution in [0.2, 0.25) is 0 Å². The Hall–Kier alpha value is -6.80. The van der Waals surface area contributed by atoms with Crippen LogP contribution in [0.1, 0.15) is 124 Å². The van der Waals surface area contributed by atoms with E-state index in [4.69, 9.17) is 28.2 Å².